The fourth-order valence-electron chi connectivity index (χ4n) is 3.35. The fourth-order valence-corrected chi connectivity index (χ4v) is 3.76. The van der Waals surface area contributed by atoms with Gasteiger partial charge in [-0.3, -0.25) is 4.99 Å². The van der Waals surface area contributed by atoms with E-state index in [4.69, 9.17) is 23.2 Å². The molecule has 0 unspecified atom stereocenters. The average Bonchev–Trinajstić information content (AvgIpc) is 2.92. The van der Waals surface area contributed by atoms with Crippen molar-refractivity contribution >= 4 is 35.0 Å². The third kappa shape index (κ3) is 5.32. The number of rotatable bonds is 5. The number of halogens is 2. The van der Waals surface area contributed by atoms with Crippen molar-refractivity contribution in [1.29, 1.82) is 0 Å². The third-order valence-electron chi connectivity index (χ3n) is 5.08. The molecule has 152 valence electrons. The van der Waals surface area contributed by atoms with Gasteiger partial charge in [-0.25, -0.2) is 4.98 Å². The minimum Gasteiger partial charge on any atom is -0.357 e. The lowest BCUT2D eigenvalue weighted by molar-refractivity contribution is 0.726. The van der Waals surface area contributed by atoms with E-state index in [0.29, 0.717) is 29.2 Å². The zero-order valence-corrected chi connectivity index (χ0v) is 18.0. The van der Waals surface area contributed by atoms with Crippen LogP contribution < -0.4 is 15.5 Å². The number of guanidine groups is 1. The van der Waals surface area contributed by atoms with Crippen LogP contribution >= 0.6 is 23.2 Å². The van der Waals surface area contributed by atoms with E-state index in [1.807, 2.05) is 23.9 Å². The molecule has 2 N–H and O–H groups in total. The number of nitrogens with one attached hydrogen (secondary N) is 2. The Morgan fingerprint density at radius 2 is 1.82 bits per heavy atom. The highest BCUT2D eigenvalue weighted by Gasteiger charge is 2.11. The van der Waals surface area contributed by atoms with Crippen LogP contribution in [0.1, 0.15) is 36.9 Å². The predicted molar refractivity (Wildman–Crippen MR) is 117 cm³/mol. The highest BCUT2D eigenvalue weighted by molar-refractivity contribution is 6.41. The molecule has 0 bridgehead atoms. The van der Waals surface area contributed by atoms with Crippen LogP contribution in [0.4, 0.5) is 5.82 Å². The molecule has 3 rings (SSSR count). The number of aromatic nitrogens is 2. The van der Waals surface area contributed by atoms with E-state index in [0.717, 1.165) is 30.2 Å². The van der Waals surface area contributed by atoms with Crippen molar-refractivity contribution in [1.82, 2.24) is 20.2 Å². The first-order valence-corrected chi connectivity index (χ1v) is 10.5. The summed E-state index contributed by atoms with van der Waals surface area (Å²) in [4.78, 5) is 11.3. The molecule has 0 aliphatic carbocycles. The number of nitrogens with zero attached hydrogens (tertiary/aromatic N) is 4. The lowest BCUT2D eigenvalue weighted by Crippen LogP contribution is -2.36. The summed E-state index contributed by atoms with van der Waals surface area (Å²) in [6.07, 6.45) is 7.10. The molecule has 0 atom stereocenters. The maximum absolute atomic E-state index is 6.11. The van der Waals surface area contributed by atoms with Gasteiger partial charge >= 0.3 is 0 Å². The molecule has 0 aromatic carbocycles. The Kier molecular flexibility index (Phi) is 7.45. The second kappa shape index (κ2) is 10.0. The number of pyridine rings is 1. The molecule has 8 heteroatoms. The molecule has 6 nitrogen and oxygen atoms in total. The van der Waals surface area contributed by atoms with Crippen molar-refractivity contribution < 1.29 is 0 Å². The smallest absolute Gasteiger partial charge is 0.191 e. The second-order valence-electron chi connectivity index (χ2n) is 7.04. The molecule has 28 heavy (non-hydrogen) atoms. The van der Waals surface area contributed by atoms with Crippen LogP contribution in [-0.4, -0.2) is 35.6 Å². The van der Waals surface area contributed by atoms with Crippen molar-refractivity contribution in [3.05, 3.63) is 45.8 Å². The largest absolute Gasteiger partial charge is 0.357 e. The highest BCUT2D eigenvalue weighted by Crippen LogP contribution is 2.25. The minimum absolute atomic E-state index is 0.539. The molecule has 0 amide bonds. The van der Waals surface area contributed by atoms with Crippen LogP contribution in [0.3, 0.4) is 0 Å². The summed E-state index contributed by atoms with van der Waals surface area (Å²) in [5.74, 6) is 1.79. The summed E-state index contributed by atoms with van der Waals surface area (Å²) >= 11 is 12.2. The van der Waals surface area contributed by atoms with Gasteiger partial charge in [0.25, 0.3) is 0 Å². The highest BCUT2D eigenvalue weighted by atomic mass is 35.5. The maximum Gasteiger partial charge on any atom is 0.191 e. The van der Waals surface area contributed by atoms with Gasteiger partial charge in [-0.1, -0.05) is 42.1 Å². The monoisotopic (exact) mass is 422 g/mol. The zero-order chi connectivity index (χ0) is 19.9. The third-order valence-corrected chi connectivity index (χ3v) is 5.92. The van der Waals surface area contributed by atoms with Crippen molar-refractivity contribution in [2.45, 2.75) is 38.8 Å². The van der Waals surface area contributed by atoms with Gasteiger partial charge in [0.2, 0.25) is 0 Å². The van der Waals surface area contributed by atoms with Crippen LogP contribution in [0.15, 0.2) is 29.4 Å². The van der Waals surface area contributed by atoms with E-state index in [1.165, 1.54) is 25.7 Å². The van der Waals surface area contributed by atoms with Gasteiger partial charge in [-0.2, -0.15) is 0 Å². The topological polar surface area (TPSA) is 57.5 Å². The molecule has 0 radical (unpaired) electrons. The molecule has 1 saturated heterocycles. The zero-order valence-electron chi connectivity index (χ0n) is 16.5. The average molecular weight is 423 g/mol. The Hall–Kier alpha value is -1.92. The molecule has 1 fully saturated rings. The normalized spacial score (nSPS) is 15.4. The lowest BCUT2D eigenvalue weighted by atomic mass is 10.2. The number of aliphatic imine (C=N–C) groups is 1. The predicted octanol–water partition coefficient (Wildman–Crippen LogP) is 3.97. The Labute approximate surface area is 176 Å². The lowest BCUT2D eigenvalue weighted by Gasteiger charge is -2.21. The Balaban J connectivity index is 1.51. The molecule has 1 aliphatic heterocycles. The summed E-state index contributed by atoms with van der Waals surface area (Å²) in [5.41, 5.74) is 2.10. The van der Waals surface area contributed by atoms with Gasteiger partial charge in [0.15, 0.2) is 5.96 Å². The molecule has 2 aromatic heterocycles. The van der Waals surface area contributed by atoms with Gasteiger partial charge in [0, 0.05) is 45.6 Å². The summed E-state index contributed by atoms with van der Waals surface area (Å²) in [6.45, 7) is 3.44. The van der Waals surface area contributed by atoms with Crippen LogP contribution in [-0.2, 0) is 20.1 Å². The first kappa shape index (κ1) is 20.8. The van der Waals surface area contributed by atoms with Crippen LogP contribution in [0.25, 0.3) is 0 Å². The van der Waals surface area contributed by atoms with E-state index in [9.17, 15) is 0 Å². The first-order valence-electron chi connectivity index (χ1n) is 9.72. The van der Waals surface area contributed by atoms with Crippen LogP contribution in [0, 0.1) is 0 Å². The van der Waals surface area contributed by atoms with Crippen molar-refractivity contribution in [3.63, 3.8) is 0 Å². The molecule has 0 spiro atoms. The first-order chi connectivity index (χ1) is 13.6. The fraction of sp³-hybridized carbons (Fsp3) is 0.500. The Morgan fingerprint density at radius 3 is 2.39 bits per heavy atom. The van der Waals surface area contributed by atoms with Crippen LogP contribution in [0.2, 0.25) is 10.2 Å². The molecule has 0 saturated carbocycles. The summed E-state index contributed by atoms with van der Waals surface area (Å²) in [5, 5.41) is 7.69. The summed E-state index contributed by atoms with van der Waals surface area (Å²) < 4.78 is 1.86. The van der Waals surface area contributed by atoms with E-state index in [1.54, 1.807) is 7.05 Å². The number of anilines is 1. The van der Waals surface area contributed by atoms with Gasteiger partial charge in [-0.15, -0.1) is 0 Å². The van der Waals surface area contributed by atoms with Crippen molar-refractivity contribution in [3.8, 4) is 0 Å². The summed E-state index contributed by atoms with van der Waals surface area (Å²) in [7, 11) is 3.64. The minimum atomic E-state index is 0.539. The van der Waals surface area contributed by atoms with Crippen molar-refractivity contribution in [2.75, 3.05) is 25.0 Å². The second-order valence-corrected chi connectivity index (χ2v) is 7.80. The Morgan fingerprint density at radius 1 is 1.11 bits per heavy atom. The van der Waals surface area contributed by atoms with Gasteiger partial charge in [-0.05, 0) is 30.5 Å². The number of hydrogen-bond acceptors (Lipinski definition) is 3. The van der Waals surface area contributed by atoms with Gasteiger partial charge < -0.3 is 20.1 Å². The van der Waals surface area contributed by atoms with E-state index in [-0.39, 0.29) is 0 Å². The SMILES string of the molecule is CN=C(NCc1ccc(N2CCCCCC2)nc1)NCc1cc(Cl)c(Cl)n1C. The maximum atomic E-state index is 6.11. The molecule has 1 aliphatic rings. The van der Waals surface area contributed by atoms with Crippen molar-refractivity contribution in [2.24, 2.45) is 12.0 Å². The van der Waals surface area contributed by atoms with E-state index in [2.05, 4.69) is 37.6 Å². The number of hydrogen-bond donors (Lipinski definition) is 2. The molecular weight excluding hydrogens is 395 g/mol. The van der Waals surface area contributed by atoms with E-state index < -0.39 is 0 Å². The van der Waals surface area contributed by atoms with Crippen LogP contribution in [0.5, 0.6) is 0 Å². The quantitative estimate of drug-likeness (QED) is 0.565. The van der Waals surface area contributed by atoms with Gasteiger partial charge in [0.05, 0.1) is 11.6 Å². The molecule has 2 aromatic rings. The van der Waals surface area contributed by atoms with Gasteiger partial charge in [0.1, 0.15) is 11.0 Å². The molecule has 3 heterocycles. The molecular formula is C20H28Cl2N6. The van der Waals surface area contributed by atoms with E-state index >= 15 is 0 Å². The summed E-state index contributed by atoms with van der Waals surface area (Å²) in [6, 6.07) is 6.10. The standard InChI is InChI=1S/C20H28Cl2N6/c1-23-20(26-14-16-11-17(21)19(22)27(16)2)25-13-15-7-8-18(24-12-15)28-9-5-3-4-6-10-28/h7-8,11-12H,3-6,9-10,13-14H2,1-2H3,(H2,23,25,26). The Bertz CT molecular complexity index is 792.